The van der Waals surface area contributed by atoms with E-state index in [9.17, 15) is 10.2 Å². The monoisotopic (exact) mass is 568 g/mol. The van der Waals surface area contributed by atoms with Crippen LogP contribution in [0.15, 0.2) is 130 Å². The van der Waals surface area contributed by atoms with Crippen LogP contribution in [0.3, 0.4) is 0 Å². The zero-order chi connectivity index (χ0) is 31.5. The summed E-state index contributed by atoms with van der Waals surface area (Å²) in [5.41, 5.74) is 10.1. The SMILES string of the molecule is CC1=C(\C=C/C(C)=C\C=C\C(C)=C\C=C\C=C(C)\C=C\C=C(C)\C=C/C2=C(C)C[C@@H](O)CC2(C)C)C(C)(C)C[C@H](O)C1. The highest BCUT2D eigenvalue weighted by atomic mass is 16.3. The molecule has 2 atom stereocenters. The van der Waals surface area contributed by atoms with Gasteiger partial charge in [-0.1, -0.05) is 146 Å². The molecule has 0 aromatic heterocycles. The molecule has 0 bridgehead atoms. The number of rotatable bonds is 10. The molecule has 0 heterocycles. The van der Waals surface area contributed by atoms with Crippen LogP contribution in [0, 0.1) is 10.8 Å². The van der Waals surface area contributed by atoms with Gasteiger partial charge in [-0.2, -0.15) is 0 Å². The van der Waals surface area contributed by atoms with Crippen molar-refractivity contribution < 1.29 is 10.2 Å². The first kappa shape index (κ1) is 35.3. The molecular formula is C40H56O2. The quantitative estimate of drug-likeness (QED) is 0.257. The molecule has 228 valence electrons. The van der Waals surface area contributed by atoms with Gasteiger partial charge < -0.3 is 10.2 Å². The Bertz CT molecular complexity index is 1190. The molecule has 0 fully saturated rings. The second-order valence-electron chi connectivity index (χ2n) is 13.7. The van der Waals surface area contributed by atoms with Gasteiger partial charge in [-0.3, -0.25) is 0 Å². The van der Waals surface area contributed by atoms with Crippen LogP contribution in [0.4, 0.5) is 0 Å². The molecule has 0 aromatic carbocycles. The van der Waals surface area contributed by atoms with Crippen LogP contribution < -0.4 is 0 Å². The second-order valence-corrected chi connectivity index (χ2v) is 13.7. The van der Waals surface area contributed by atoms with Crippen LogP contribution in [0.2, 0.25) is 0 Å². The minimum Gasteiger partial charge on any atom is -0.393 e. The van der Waals surface area contributed by atoms with Crippen molar-refractivity contribution in [3.63, 3.8) is 0 Å². The van der Waals surface area contributed by atoms with Crippen molar-refractivity contribution in [1.82, 2.24) is 0 Å². The smallest absolute Gasteiger partial charge is 0.0585 e. The lowest BCUT2D eigenvalue weighted by Gasteiger charge is -2.35. The Hall–Kier alpha value is -2.94. The fourth-order valence-corrected chi connectivity index (χ4v) is 6.13. The molecule has 42 heavy (non-hydrogen) atoms. The van der Waals surface area contributed by atoms with Gasteiger partial charge in [0.05, 0.1) is 12.2 Å². The molecule has 0 saturated carbocycles. The maximum atomic E-state index is 10.1. The average Bonchev–Trinajstić information content (AvgIpc) is 2.84. The van der Waals surface area contributed by atoms with Gasteiger partial charge in [0.15, 0.2) is 0 Å². The number of allylic oxidation sites excluding steroid dienone is 20. The first-order valence-electron chi connectivity index (χ1n) is 15.5. The molecule has 0 saturated heterocycles. The van der Waals surface area contributed by atoms with E-state index in [0.29, 0.717) is 0 Å². The van der Waals surface area contributed by atoms with E-state index in [4.69, 9.17) is 0 Å². The van der Waals surface area contributed by atoms with Crippen LogP contribution in [0.5, 0.6) is 0 Å². The molecule has 2 aliphatic rings. The van der Waals surface area contributed by atoms with Crippen LogP contribution in [0.25, 0.3) is 0 Å². The third kappa shape index (κ3) is 11.7. The van der Waals surface area contributed by atoms with Crippen LogP contribution in [-0.4, -0.2) is 22.4 Å². The third-order valence-corrected chi connectivity index (χ3v) is 8.24. The van der Waals surface area contributed by atoms with Crippen LogP contribution >= 0.6 is 0 Å². The normalized spacial score (nSPS) is 25.0. The standard InChI is InChI=1S/C40H56O2/c1-29(17-13-19-31(3)21-23-37-33(5)25-35(41)27-39(37,7)8)15-11-12-16-30(2)18-14-20-32(4)22-24-38-34(6)26-36(42)28-40(38,9)10/h11-24,35-36,41-42H,25-28H2,1-10H3/b12-11+,17-13+,18-14+,23-21-,24-22-,29-15+,30-16+,31-19-,32-20+/t35-,36-/m1/s1. The Balaban J connectivity index is 1.90. The Labute approximate surface area is 257 Å². The molecule has 0 amide bonds. The lowest BCUT2D eigenvalue weighted by Crippen LogP contribution is -2.28. The van der Waals surface area contributed by atoms with E-state index in [0.717, 1.165) is 25.7 Å². The Morgan fingerprint density at radius 2 is 0.857 bits per heavy atom. The summed E-state index contributed by atoms with van der Waals surface area (Å²) in [4.78, 5) is 0. The number of aliphatic hydroxyl groups excluding tert-OH is 2. The first-order chi connectivity index (χ1) is 19.6. The van der Waals surface area contributed by atoms with Crippen molar-refractivity contribution in [2.24, 2.45) is 10.8 Å². The van der Waals surface area contributed by atoms with Crippen LogP contribution in [0.1, 0.15) is 94.9 Å². The van der Waals surface area contributed by atoms with Gasteiger partial charge >= 0.3 is 0 Å². The highest BCUT2D eigenvalue weighted by molar-refractivity contribution is 5.39. The molecule has 2 rings (SSSR count). The van der Waals surface area contributed by atoms with Gasteiger partial charge in [-0.25, -0.2) is 0 Å². The van der Waals surface area contributed by atoms with Gasteiger partial charge in [0.2, 0.25) is 0 Å². The van der Waals surface area contributed by atoms with Gasteiger partial charge in [0.1, 0.15) is 0 Å². The van der Waals surface area contributed by atoms with E-state index >= 15 is 0 Å². The summed E-state index contributed by atoms with van der Waals surface area (Å²) in [5, 5.41) is 20.2. The Kier molecular flexibility index (Phi) is 13.5. The van der Waals surface area contributed by atoms with E-state index in [1.807, 2.05) is 0 Å². The van der Waals surface area contributed by atoms with Crippen molar-refractivity contribution in [2.45, 2.75) is 107 Å². The summed E-state index contributed by atoms with van der Waals surface area (Å²) < 4.78 is 0. The fraction of sp³-hybridized carbons (Fsp3) is 0.450. The first-order valence-corrected chi connectivity index (χ1v) is 15.5. The molecule has 0 spiro atoms. The van der Waals surface area contributed by atoms with E-state index in [1.54, 1.807) is 0 Å². The summed E-state index contributed by atoms with van der Waals surface area (Å²) in [6.45, 7) is 21.6. The topological polar surface area (TPSA) is 40.5 Å². The lowest BCUT2D eigenvalue weighted by molar-refractivity contribution is 0.116. The summed E-state index contributed by atoms with van der Waals surface area (Å²) in [7, 11) is 0. The summed E-state index contributed by atoms with van der Waals surface area (Å²) in [6.07, 6.45) is 32.6. The molecule has 2 nitrogen and oxygen atoms in total. The van der Waals surface area contributed by atoms with Crippen molar-refractivity contribution in [3.8, 4) is 0 Å². The molecule has 0 unspecified atom stereocenters. The number of hydrogen-bond acceptors (Lipinski definition) is 2. The summed E-state index contributed by atoms with van der Waals surface area (Å²) >= 11 is 0. The van der Waals surface area contributed by atoms with Gasteiger partial charge in [0, 0.05) is 0 Å². The van der Waals surface area contributed by atoms with Crippen LogP contribution in [-0.2, 0) is 0 Å². The molecule has 2 N–H and O–H groups in total. The molecule has 2 aliphatic carbocycles. The highest BCUT2D eigenvalue weighted by Crippen LogP contribution is 2.42. The van der Waals surface area contributed by atoms with Crippen molar-refractivity contribution in [1.29, 1.82) is 0 Å². The molecule has 2 heteroatoms. The Morgan fingerprint density at radius 1 is 0.548 bits per heavy atom. The molecule has 0 aromatic rings. The molecule has 0 radical (unpaired) electrons. The Morgan fingerprint density at radius 3 is 1.19 bits per heavy atom. The average molecular weight is 569 g/mol. The maximum Gasteiger partial charge on any atom is 0.0585 e. The van der Waals surface area contributed by atoms with E-state index in [-0.39, 0.29) is 23.0 Å². The number of aliphatic hydroxyl groups is 2. The highest BCUT2D eigenvalue weighted by Gasteiger charge is 2.32. The van der Waals surface area contributed by atoms with E-state index in [2.05, 4.69) is 154 Å². The minimum absolute atomic E-state index is 0.00547. The molecule has 0 aliphatic heterocycles. The third-order valence-electron chi connectivity index (χ3n) is 8.24. The summed E-state index contributed by atoms with van der Waals surface area (Å²) in [6, 6.07) is 0. The van der Waals surface area contributed by atoms with Gasteiger partial charge in [-0.05, 0) is 89.2 Å². The van der Waals surface area contributed by atoms with E-state index in [1.165, 1.54) is 44.6 Å². The number of hydrogen-bond donors (Lipinski definition) is 2. The van der Waals surface area contributed by atoms with Crippen molar-refractivity contribution in [2.75, 3.05) is 0 Å². The fourth-order valence-electron chi connectivity index (χ4n) is 6.13. The lowest BCUT2D eigenvalue weighted by atomic mass is 9.71. The largest absolute Gasteiger partial charge is 0.393 e. The maximum absolute atomic E-state index is 10.1. The summed E-state index contributed by atoms with van der Waals surface area (Å²) in [5.74, 6) is 0. The predicted octanol–water partition coefficient (Wildman–Crippen LogP) is 10.5. The van der Waals surface area contributed by atoms with Gasteiger partial charge in [0.25, 0.3) is 0 Å². The zero-order valence-corrected chi connectivity index (χ0v) is 28.0. The second kappa shape index (κ2) is 16.1. The van der Waals surface area contributed by atoms with Crippen molar-refractivity contribution in [3.05, 3.63) is 130 Å². The predicted molar refractivity (Wildman–Crippen MR) is 184 cm³/mol. The van der Waals surface area contributed by atoms with E-state index < -0.39 is 0 Å². The van der Waals surface area contributed by atoms with Gasteiger partial charge in [-0.15, -0.1) is 0 Å². The minimum atomic E-state index is -0.227. The van der Waals surface area contributed by atoms with Crippen molar-refractivity contribution >= 4 is 0 Å². The molecular weight excluding hydrogens is 512 g/mol. The zero-order valence-electron chi connectivity index (χ0n) is 28.0.